The van der Waals surface area contributed by atoms with E-state index < -0.39 is 29.3 Å². The van der Waals surface area contributed by atoms with Crippen LogP contribution in [0.1, 0.15) is 43.7 Å². The predicted molar refractivity (Wildman–Crippen MR) is 160 cm³/mol. The molecule has 2 aliphatic carbocycles. The van der Waals surface area contributed by atoms with E-state index in [1.165, 1.54) is 11.8 Å². The molecule has 14 nitrogen and oxygen atoms in total. The molecule has 1 spiro atoms. The number of carbonyl (C=O) groups excluding carboxylic acids is 3. The maximum Gasteiger partial charge on any atom is 0.414 e. The predicted octanol–water partition coefficient (Wildman–Crippen LogP) is -0.0745. The molecule has 14 heteroatoms. The number of nitrogens with zero attached hydrogens (tertiary/aromatic N) is 2. The van der Waals surface area contributed by atoms with Gasteiger partial charge in [-0.2, -0.15) is 0 Å². The number of aliphatic hydroxyl groups is 1. The van der Waals surface area contributed by atoms with Crippen molar-refractivity contribution in [3.8, 4) is 11.5 Å². The van der Waals surface area contributed by atoms with Gasteiger partial charge in [-0.1, -0.05) is 6.07 Å². The van der Waals surface area contributed by atoms with Crippen molar-refractivity contribution in [2.75, 3.05) is 47.4 Å². The van der Waals surface area contributed by atoms with E-state index in [4.69, 9.17) is 25.4 Å². The zero-order valence-corrected chi connectivity index (χ0v) is 25.7. The van der Waals surface area contributed by atoms with Crippen molar-refractivity contribution < 1.29 is 33.7 Å². The molecule has 3 amide bonds. The molecule has 0 radical (unpaired) electrons. The number of carbonyl (C=O) groups is 3. The van der Waals surface area contributed by atoms with Crippen molar-refractivity contribution in [1.29, 1.82) is 5.41 Å². The average Bonchev–Trinajstić information content (AvgIpc) is 3.33. The van der Waals surface area contributed by atoms with E-state index in [0.29, 0.717) is 55.9 Å². The second-order valence-electron chi connectivity index (χ2n) is 12.1. The number of likely N-dealkylation sites (tertiary alicyclic amines) is 1. The minimum Gasteiger partial charge on any atom is -0.493 e. The monoisotopic (exact) mass is 613 g/mol. The fourth-order valence-electron chi connectivity index (χ4n) is 7.37. The molecule has 240 valence electrons. The van der Waals surface area contributed by atoms with Gasteiger partial charge in [0.1, 0.15) is 11.8 Å². The summed E-state index contributed by atoms with van der Waals surface area (Å²) in [6.07, 6.45) is 2.94. The van der Waals surface area contributed by atoms with Crippen LogP contribution in [0.5, 0.6) is 11.5 Å². The lowest BCUT2D eigenvalue weighted by Gasteiger charge is -2.61. The number of methoxy groups -OCH3 is 1. The third-order valence-electron chi connectivity index (χ3n) is 9.50. The van der Waals surface area contributed by atoms with Crippen LogP contribution in [0.4, 0.5) is 4.79 Å². The molecule has 0 aromatic heterocycles. The van der Waals surface area contributed by atoms with E-state index in [1.54, 1.807) is 20.2 Å². The number of nitrogens with one attached hydrogen (secondary N) is 4. The van der Waals surface area contributed by atoms with Gasteiger partial charge in [0.05, 0.1) is 18.1 Å². The van der Waals surface area contributed by atoms with Gasteiger partial charge in [0.15, 0.2) is 23.6 Å². The number of guanidine groups is 1. The van der Waals surface area contributed by atoms with Gasteiger partial charge in [-0.3, -0.25) is 15.0 Å². The smallest absolute Gasteiger partial charge is 0.414 e. The summed E-state index contributed by atoms with van der Waals surface area (Å²) in [6.45, 7) is 2.78. The highest BCUT2D eigenvalue weighted by Crippen LogP contribution is 2.65. The Labute approximate surface area is 256 Å². The van der Waals surface area contributed by atoms with Crippen molar-refractivity contribution in [2.45, 2.75) is 68.2 Å². The van der Waals surface area contributed by atoms with Crippen LogP contribution >= 0.6 is 0 Å². The Kier molecular flexibility index (Phi) is 8.67. The molecule has 2 heterocycles. The van der Waals surface area contributed by atoms with E-state index >= 15 is 0 Å². The molecule has 1 saturated heterocycles. The van der Waals surface area contributed by atoms with Crippen molar-refractivity contribution in [3.63, 3.8) is 0 Å². The van der Waals surface area contributed by atoms with Crippen LogP contribution in [-0.4, -0.2) is 110 Å². The second kappa shape index (κ2) is 12.2. The number of rotatable bonds is 11. The van der Waals surface area contributed by atoms with Gasteiger partial charge in [0.2, 0.25) is 11.8 Å². The molecule has 1 aromatic rings. The first-order chi connectivity index (χ1) is 20.9. The van der Waals surface area contributed by atoms with Crippen molar-refractivity contribution in [2.24, 2.45) is 5.73 Å². The summed E-state index contributed by atoms with van der Waals surface area (Å²) in [5.41, 5.74) is 5.46. The Balaban J connectivity index is 1.24. The standard InChI is InChI=1S/C30H43N7O7/c1-17(38)35-19(6-5-12-34-27(31)32)26(39)33-13-15-37(3)28(40)43-21-9-10-30(41)22-16-18-7-8-20(42-4)24-23(18)29(30,25(21)44-24)11-14-36(22)2/h7-9,19,22,25,41H,5-6,10-16H2,1-4H3,(H,33,39)(H,35,38)(H4,31,32,34)/t19-,22+,25-,29-,30+/m0/s1. The van der Waals surface area contributed by atoms with Crippen LogP contribution in [0.3, 0.4) is 0 Å². The maximum atomic E-state index is 13.3. The first-order valence-corrected chi connectivity index (χ1v) is 15.0. The lowest BCUT2D eigenvalue weighted by Crippen LogP contribution is -2.74. The Morgan fingerprint density at radius 2 is 2.07 bits per heavy atom. The number of piperidine rings is 1. The molecule has 4 aliphatic rings. The van der Waals surface area contributed by atoms with Gasteiger partial charge in [-0.15, -0.1) is 0 Å². The summed E-state index contributed by atoms with van der Waals surface area (Å²) in [4.78, 5) is 41.2. The van der Waals surface area contributed by atoms with Crippen LogP contribution in [0, 0.1) is 5.41 Å². The highest BCUT2D eigenvalue weighted by molar-refractivity contribution is 5.86. The zero-order valence-electron chi connectivity index (χ0n) is 25.7. The summed E-state index contributed by atoms with van der Waals surface area (Å²) in [5, 5.41) is 27.6. The Hall–Kier alpha value is -4.04. The molecule has 0 unspecified atom stereocenters. The summed E-state index contributed by atoms with van der Waals surface area (Å²) in [7, 11) is 5.19. The van der Waals surface area contributed by atoms with E-state index in [2.05, 4.69) is 20.9 Å². The summed E-state index contributed by atoms with van der Waals surface area (Å²) in [5.74, 6) is 0.652. The third-order valence-corrected chi connectivity index (χ3v) is 9.50. The van der Waals surface area contributed by atoms with Gasteiger partial charge in [-0.05, 0) is 57.0 Å². The molecule has 44 heavy (non-hydrogen) atoms. The first kappa shape index (κ1) is 31.4. The van der Waals surface area contributed by atoms with E-state index in [9.17, 15) is 19.5 Å². The number of hydrogen-bond acceptors (Lipinski definition) is 9. The second-order valence-corrected chi connectivity index (χ2v) is 12.1. The fraction of sp³-hybridized carbons (Fsp3) is 0.600. The van der Waals surface area contributed by atoms with Crippen molar-refractivity contribution >= 4 is 23.9 Å². The van der Waals surface area contributed by atoms with Crippen molar-refractivity contribution in [1.82, 2.24) is 25.8 Å². The van der Waals surface area contributed by atoms with E-state index in [-0.39, 0.29) is 36.9 Å². The number of likely N-dealkylation sites (N-methyl/N-ethyl adjacent to an activating group) is 2. The van der Waals surface area contributed by atoms with E-state index in [0.717, 1.165) is 17.7 Å². The molecule has 7 N–H and O–H groups in total. The van der Waals surface area contributed by atoms with Gasteiger partial charge in [-0.25, -0.2) is 4.79 Å². The van der Waals surface area contributed by atoms with Gasteiger partial charge < -0.3 is 50.8 Å². The van der Waals surface area contributed by atoms with Gasteiger partial charge >= 0.3 is 6.09 Å². The average molecular weight is 614 g/mol. The lowest BCUT2D eigenvalue weighted by molar-refractivity contribution is -0.163. The molecule has 5 rings (SSSR count). The largest absolute Gasteiger partial charge is 0.493 e. The van der Waals surface area contributed by atoms with Crippen LogP contribution in [0.25, 0.3) is 0 Å². The maximum absolute atomic E-state index is 13.3. The number of hydrogen-bond donors (Lipinski definition) is 6. The minimum absolute atomic E-state index is 0.110. The fourth-order valence-corrected chi connectivity index (χ4v) is 7.37. The molecule has 0 saturated carbocycles. The number of nitrogens with two attached hydrogens (primary N) is 1. The quantitative estimate of drug-likeness (QED) is 0.112. The normalized spacial score (nSPS) is 26.7. The molecule has 2 bridgehead atoms. The molecular weight excluding hydrogens is 570 g/mol. The highest BCUT2D eigenvalue weighted by Gasteiger charge is 2.72. The SMILES string of the molecule is COc1ccc2c3c1O[C@H]1C(OC(=O)N(C)CCNC(=O)[C@H](CCCNC(=N)N)NC(C)=O)=CC[C@@]4(O)[C@@H](C2)N(C)CC[C@]314. The van der Waals surface area contributed by atoms with Gasteiger partial charge in [0, 0.05) is 51.6 Å². The molecule has 1 aromatic carbocycles. The summed E-state index contributed by atoms with van der Waals surface area (Å²) < 4.78 is 18.1. The van der Waals surface area contributed by atoms with E-state index in [1.807, 2.05) is 19.2 Å². The number of benzene rings is 1. The first-order valence-electron chi connectivity index (χ1n) is 15.0. The van der Waals surface area contributed by atoms with Crippen LogP contribution < -0.4 is 31.2 Å². The van der Waals surface area contributed by atoms with Gasteiger partial charge in [0.25, 0.3) is 0 Å². The Morgan fingerprint density at radius 1 is 1.30 bits per heavy atom. The Morgan fingerprint density at radius 3 is 2.77 bits per heavy atom. The lowest BCUT2D eigenvalue weighted by atomic mass is 9.50. The Bertz CT molecular complexity index is 1370. The van der Waals surface area contributed by atoms with Crippen LogP contribution in [-0.2, 0) is 26.2 Å². The molecule has 1 fully saturated rings. The number of amides is 3. The van der Waals surface area contributed by atoms with Crippen LogP contribution in [0.15, 0.2) is 24.0 Å². The minimum atomic E-state index is -1.10. The van der Waals surface area contributed by atoms with Crippen LogP contribution in [0.2, 0.25) is 0 Å². The zero-order chi connectivity index (χ0) is 31.8. The molecule has 2 aliphatic heterocycles. The topological polar surface area (TPSA) is 192 Å². The highest BCUT2D eigenvalue weighted by atomic mass is 16.6. The van der Waals surface area contributed by atoms with Crippen molar-refractivity contribution in [3.05, 3.63) is 35.1 Å². The molecule has 5 atom stereocenters. The summed E-state index contributed by atoms with van der Waals surface area (Å²) >= 11 is 0. The molecular formula is C30H43N7O7. The number of ether oxygens (including phenoxy) is 3. The summed E-state index contributed by atoms with van der Waals surface area (Å²) in [6, 6.07) is 3.06. The third kappa shape index (κ3) is 5.30.